The third-order valence-electron chi connectivity index (χ3n) is 5.52. The molecule has 0 amide bonds. The fourth-order valence-electron chi connectivity index (χ4n) is 3.99. The molecule has 3 heterocycles. The summed E-state index contributed by atoms with van der Waals surface area (Å²) in [5.41, 5.74) is 1.43. The minimum absolute atomic E-state index is 0.0488. The molecule has 3 aromatic rings. The number of nitrogens with zero attached hydrogens (tertiary/aromatic N) is 3. The zero-order chi connectivity index (χ0) is 23.4. The fourth-order valence-corrected chi connectivity index (χ4v) is 4.32. The summed E-state index contributed by atoms with van der Waals surface area (Å²) in [5.74, 6) is 1.61. The summed E-state index contributed by atoms with van der Waals surface area (Å²) in [6.07, 6.45) is 2.55. The standard InChI is InChI=1S/C23H24N4O5S/c1-30-13-5-12-26-22(21(25-23(26)33)17-6-3-4-11-24-17)19-10-9-18(32-19)16-8-7-15(27(28)29)14-20(16)31-2/h3-4,6-11,14,21-22H,5,12-13H2,1-2H3,(H,25,33)/t21-,22+/m1/s1. The Labute approximate surface area is 196 Å². The Morgan fingerprint density at radius 1 is 1.24 bits per heavy atom. The van der Waals surface area contributed by atoms with Gasteiger partial charge < -0.3 is 24.1 Å². The largest absolute Gasteiger partial charge is 0.496 e. The van der Waals surface area contributed by atoms with E-state index >= 15 is 0 Å². The monoisotopic (exact) mass is 468 g/mol. The molecule has 0 bridgehead atoms. The number of aromatic nitrogens is 1. The lowest BCUT2D eigenvalue weighted by Crippen LogP contribution is -2.31. The van der Waals surface area contributed by atoms with Crippen LogP contribution in [0.4, 0.5) is 5.69 Å². The minimum atomic E-state index is -0.458. The van der Waals surface area contributed by atoms with Gasteiger partial charge in [-0.05, 0) is 49.0 Å². The van der Waals surface area contributed by atoms with Crippen LogP contribution >= 0.6 is 12.2 Å². The Morgan fingerprint density at radius 3 is 2.79 bits per heavy atom. The van der Waals surface area contributed by atoms with Crippen LogP contribution in [0.15, 0.2) is 59.1 Å². The molecule has 0 saturated carbocycles. The number of methoxy groups -OCH3 is 2. The first-order valence-electron chi connectivity index (χ1n) is 10.4. The van der Waals surface area contributed by atoms with Crippen LogP contribution < -0.4 is 10.1 Å². The van der Waals surface area contributed by atoms with Gasteiger partial charge in [0.15, 0.2) is 5.11 Å². The smallest absolute Gasteiger partial charge is 0.273 e. The second-order valence-corrected chi connectivity index (χ2v) is 7.90. The maximum Gasteiger partial charge on any atom is 0.273 e. The highest BCUT2D eigenvalue weighted by molar-refractivity contribution is 7.80. The molecule has 2 aromatic heterocycles. The Kier molecular flexibility index (Phi) is 6.85. The van der Waals surface area contributed by atoms with Crippen LogP contribution in [0.5, 0.6) is 5.75 Å². The molecular weight excluding hydrogens is 444 g/mol. The van der Waals surface area contributed by atoms with Crippen molar-refractivity contribution in [1.29, 1.82) is 0 Å². The van der Waals surface area contributed by atoms with Crippen LogP contribution in [0.25, 0.3) is 11.3 Å². The van der Waals surface area contributed by atoms with Crippen molar-refractivity contribution in [2.45, 2.75) is 18.5 Å². The number of ether oxygens (including phenoxy) is 2. The Balaban J connectivity index is 1.70. The van der Waals surface area contributed by atoms with Gasteiger partial charge in [0.05, 0.1) is 35.4 Å². The highest BCUT2D eigenvalue weighted by Gasteiger charge is 2.41. The lowest BCUT2D eigenvalue weighted by molar-refractivity contribution is -0.384. The molecule has 33 heavy (non-hydrogen) atoms. The summed E-state index contributed by atoms with van der Waals surface area (Å²) >= 11 is 5.64. The summed E-state index contributed by atoms with van der Waals surface area (Å²) in [6.45, 7) is 1.30. The van der Waals surface area contributed by atoms with E-state index in [2.05, 4.69) is 15.2 Å². The summed E-state index contributed by atoms with van der Waals surface area (Å²) in [6, 6.07) is 13.5. The first-order chi connectivity index (χ1) is 16.0. The van der Waals surface area contributed by atoms with E-state index in [1.165, 1.54) is 19.2 Å². The number of nitro groups is 1. The van der Waals surface area contributed by atoms with E-state index in [0.29, 0.717) is 41.1 Å². The predicted octanol–water partition coefficient (Wildman–Crippen LogP) is 4.27. The second-order valence-electron chi connectivity index (χ2n) is 7.51. The van der Waals surface area contributed by atoms with Gasteiger partial charge in [0.25, 0.3) is 5.69 Å². The molecule has 9 nitrogen and oxygen atoms in total. The maximum atomic E-state index is 11.1. The predicted molar refractivity (Wildman–Crippen MR) is 126 cm³/mol. The van der Waals surface area contributed by atoms with Crippen molar-refractivity contribution in [3.63, 3.8) is 0 Å². The van der Waals surface area contributed by atoms with Crippen LogP contribution in [-0.4, -0.2) is 47.3 Å². The summed E-state index contributed by atoms with van der Waals surface area (Å²) in [5, 5.41) is 15.1. The molecule has 1 aliphatic heterocycles. The molecule has 2 atom stereocenters. The van der Waals surface area contributed by atoms with E-state index in [1.807, 2.05) is 30.3 Å². The molecule has 0 unspecified atom stereocenters. The van der Waals surface area contributed by atoms with Crippen LogP contribution in [0.2, 0.25) is 0 Å². The van der Waals surface area contributed by atoms with Gasteiger partial charge in [-0.3, -0.25) is 15.1 Å². The molecule has 0 spiro atoms. The van der Waals surface area contributed by atoms with Crippen LogP contribution in [0, 0.1) is 10.1 Å². The molecule has 0 aliphatic carbocycles. The molecule has 1 saturated heterocycles. The highest BCUT2D eigenvalue weighted by atomic mass is 32.1. The maximum absolute atomic E-state index is 11.1. The van der Waals surface area contributed by atoms with Crippen molar-refractivity contribution in [2.24, 2.45) is 0 Å². The van der Waals surface area contributed by atoms with Crippen molar-refractivity contribution < 1.29 is 18.8 Å². The number of nitrogens with one attached hydrogen (secondary N) is 1. The number of thiocarbonyl (C=S) groups is 1. The number of benzene rings is 1. The number of furan rings is 1. The number of hydrogen-bond donors (Lipinski definition) is 1. The molecule has 1 aliphatic rings. The lowest BCUT2D eigenvalue weighted by Gasteiger charge is -2.26. The molecule has 4 rings (SSSR count). The van der Waals surface area contributed by atoms with Crippen molar-refractivity contribution in [3.8, 4) is 17.1 Å². The topological polar surface area (TPSA) is 103 Å². The number of non-ortho nitro benzene ring substituents is 1. The molecule has 1 aromatic carbocycles. The van der Waals surface area contributed by atoms with Crippen molar-refractivity contribution in [2.75, 3.05) is 27.4 Å². The van der Waals surface area contributed by atoms with Crippen molar-refractivity contribution >= 4 is 23.0 Å². The average molecular weight is 469 g/mol. The van der Waals surface area contributed by atoms with Crippen LogP contribution in [-0.2, 0) is 4.74 Å². The SMILES string of the molecule is COCCCN1C(=S)N[C@H](c2ccccn2)[C@@H]1c1ccc(-c2ccc([N+](=O)[O-])cc2OC)o1. The molecule has 1 fully saturated rings. The van der Waals surface area contributed by atoms with E-state index in [-0.39, 0.29) is 17.8 Å². The van der Waals surface area contributed by atoms with Crippen molar-refractivity contribution in [3.05, 3.63) is 76.3 Å². The third kappa shape index (κ3) is 4.67. The van der Waals surface area contributed by atoms with Gasteiger partial charge in [-0.25, -0.2) is 0 Å². The molecule has 10 heteroatoms. The van der Waals surface area contributed by atoms with Gasteiger partial charge in [0.2, 0.25) is 0 Å². The number of nitro benzene ring substituents is 1. The van der Waals surface area contributed by atoms with E-state index < -0.39 is 4.92 Å². The quantitative estimate of drug-likeness (QED) is 0.213. The van der Waals surface area contributed by atoms with E-state index in [4.69, 9.17) is 26.1 Å². The molecule has 172 valence electrons. The van der Waals surface area contributed by atoms with Gasteiger partial charge in [-0.1, -0.05) is 6.07 Å². The third-order valence-corrected chi connectivity index (χ3v) is 5.88. The molecule has 1 N–H and O–H groups in total. The zero-order valence-electron chi connectivity index (χ0n) is 18.3. The molecular formula is C23H24N4O5S. The van der Waals surface area contributed by atoms with Crippen LogP contribution in [0.3, 0.4) is 0 Å². The van der Waals surface area contributed by atoms with Gasteiger partial charge in [-0.2, -0.15) is 0 Å². The zero-order valence-corrected chi connectivity index (χ0v) is 19.1. The Morgan fingerprint density at radius 2 is 2.09 bits per heavy atom. The Bertz CT molecular complexity index is 1140. The summed E-state index contributed by atoms with van der Waals surface area (Å²) < 4.78 is 16.9. The number of pyridine rings is 1. The highest BCUT2D eigenvalue weighted by Crippen LogP contribution is 2.42. The van der Waals surface area contributed by atoms with Crippen LogP contribution in [0.1, 0.15) is 30.0 Å². The molecule has 0 radical (unpaired) electrons. The van der Waals surface area contributed by atoms with Gasteiger partial charge in [-0.15, -0.1) is 0 Å². The first kappa shape index (κ1) is 22.7. The second kappa shape index (κ2) is 9.97. The first-order valence-corrected chi connectivity index (χ1v) is 10.8. The van der Waals surface area contributed by atoms with Gasteiger partial charge >= 0.3 is 0 Å². The number of rotatable bonds is 9. The fraction of sp³-hybridized carbons (Fsp3) is 0.304. The van der Waals surface area contributed by atoms with E-state index in [0.717, 1.165) is 12.1 Å². The minimum Gasteiger partial charge on any atom is -0.496 e. The lowest BCUT2D eigenvalue weighted by atomic mass is 10.0. The van der Waals surface area contributed by atoms with Gasteiger partial charge in [0, 0.05) is 32.5 Å². The Hall–Kier alpha value is -3.50. The van der Waals surface area contributed by atoms with Crippen molar-refractivity contribution in [1.82, 2.24) is 15.2 Å². The van der Waals surface area contributed by atoms with E-state index in [1.54, 1.807) is 19.4 Å². The number of hydrogen-bond acceptors (Lipinski definition) is 7. The summed E-state index contributed by atoms with van der Waals surface area (Å²) in [4.78, 5) is 17.3. The van der Waals surface area contributed by atoms with Gasteiger partial charge in [0.1, 0.15) is 23.3 Å². The summed E-state index contributed by atoms with van der Waals surface area (Å²) in [7, 11) is 3.14. The normalized spacial score (nSPS) is 17.8. The average Bonchev–Trinajstić information content (AvgIpc) is 3.44. The van der Waals surface area contributed by atoms with E-state index in [9.17, 15) is 10.1 Å².